The van der Waals surface area contributed by atoms with Crippen molar-refractivity contribution in [2.45, 2.75) is 4.90 Å². The van der Waals surface area contributed by atoms with Crippen molar-refractivity contribution in [3.05, 3.63) is 53.6 Å². The molecule has 1 saturated heterocycles. The number of nitrogens with one attached hydrogen (secondary N) is 1. The predicted octanol–water partition coefficient (Wildman–Crippen LogP) is 1.77. The molecule has 0 aliphatic carbocycles. The number of hydrogen-bond acceptors (Lipinski definition) is 6. The molecule has 1 amide bonds. The summed E-state index contributed by atoms with van der Waals surface area (Å²) in [5.74, 6) is -0.572. The summed E-state index contributed by atoms with van der Waals surface area (Å²) in [4.78, 5) is 12.4. The zero-order valence-electron chi connectivity index (χ0n) is 16.7. The molecule has 0 saturated carbocycles. The van der Waals surface area contributed by atoms with Crippen molar-refractivity contribution < 1.29 is 26.4 Å². The average Bonchev–Trinajstić information content (AvgIpc) is 2.72. The van der Waals surface area contributed by atoms with Gasteiger partial charge in [-0.2, -0.15) is 4.31 Å². The number of nitrogens with zero attached hydrogens (tertiary/aromatic N) is 2. The summed E-state index contributed by atoms with van der Waals surface area (Å²) >= 11 is 5.89. The summed E-state index contributed by atoms with van der Waals surface area (Å²) < 4.78 is 57.4. The van der Waals surface area contributed by atoms with Crippen LogP contribution in [0, 0.1) is 0 Å². The third-order valence-corrected chi connectivity index (χ3v) is 7.82. The van der Waals surface area contributed by atoms with Gasteiger partial charge in [0.1, 0.15) is 6.54 Å². The zero-order chi connectivity index (χ0) is 22.6. The first-order valence-corrected chi connectivity index (χ1v) is 12.9. The van der Waals surface area contributed by atoms with Crippen LogP contribution in [0.25, 0.3) is 0 Å². The van der Waals surface area contributed by atoms with Crippen LogP contribution in [0.4, 0.5) is 11.4 Å². The van der Waals surface area contributed by atoms with Crippen LogP contribution < -0.4 is 9.62 Å². The second-order valence-electron chi connectivity index (χ2n) is 6.84. The highest BCUT2D eigenvalue weighted by Gasteiger charge is 2.27. The third-order valence-electron chi connectivity index (χ3n) is 4.53. The van der Waals surface area contributed by atoms with Crippen molar-refractivity contribution in [2.24, 2.45) is 0 Å². The van der Waals surface area contributed by atoms with Gasteiger partial charge >= 0.3 is 0 Å². The fourth-order valence-electron chi connectivity index (χ4n) is 3.02. The van der Waals surface area contributed by atoms with Crippen LogP contribution in [0.5, 0.6) is 0 Å². The van der Waals surface area contributed by atoms with E-state index in [0.29, 0.717) is 23.9 Å². The highest BCUT2D eigenvalue weighted by Crippen LogP contribution is 2.23. The maximum Gasteiger partial charge on any atom is 0.245 e. The molecule has 2 aromatic rings. The Morgan fingerprint density at radius 1 is 1.10 bits per heavy atom. The molecule has 1 heterocycles. The molecule has 0 radical (unpaired) electrons. The van der Waals surface area contributed by atoms with Crippen molar-refractivity contribution >= 4 is 48.9 Å². The highest BCUT2D eigenvalue weighted by molar-refractivity contribution is 7.92. The van der Waals surface area contributed by atoms with Gasteiger partial charge in [0.25, 0.3) is 0 Å². The first-order chi connectivity index (χ1) is 14.6. The summed E-state index contributed by atoms with van der Waals surface area (Å²) in [5.41, 5.74) is 0.600. The van der Waals surface area contributed by atoms with Gasteiger partial charge in [-0.1, -0.05) is 17.7 Å². The van der Waals surface area contributed by atoms with Crippen LogP contribution in [0.15, 0.2) is 53.4 Å². The Kier molecular flexibility index (Phi) is 7.22. The second-order valence-corrected chi connectivity index (χ2v) is 11.1. The zero-order valence-corrected chi connectivity index (χ0v) is 19.1. The molecule has 0 aromatic heterocycles. The minimum atomic E-state index is -3.81. The van der Waals surface area contributed by atoms with Gasteiger partial charge in [0.2, 0.25) is 26.0 Å². The number of ether oxygens (including phenoxy) is 1. The summed E-state index contributed by atoms with van der Waals surface area (Å²) in [5, 5.41) is 3.02. The fourth-order valence-corrected chi connectivity index (χ4v) is 5.47. The van der Waals surface area contributed by atoms with Crippen LogP contribution in [0.1, 0.15) is 0 Å². The van der Waals surface area contributed by atoms with E-state index in [4.69, 9.17) is 16.3 Å². The molecular weight excluding hydrogens is 466 g/mol. The second kappa shape index (κ2) is 9.53. The van der Waals surface area contributed by atoms with Crippen molar-refractivity contribution in [3.8, 4) is 0 Å². The number of carbonyl (C=O) groups is 1. The average molecular weight is 488 g/mol. The van der Waals surface area contributed by atoms with E-state index in [2.05, 4.69) is 5.32 Å². The number of halogens is 1. The van der Waals surface area contributed by atoms with E-state index in [0.717, 1.165) is 10.6 Å². The molecule has 0 unspecified atom stereocenters. The quantitative estimate of drug-likeness (QED) is 0.636. The number of benzene rings is 2. The first kappa shape index (κ1) is 23.5. The maximum atomic E-state index is 12.7. The van der Waals surface area contributed by atoms with Crippen molar-refractivity contribution in [1.82, 2.24) is 4.31 Å². The van der Waals surface area contributed by atoms with Gasteiger partial charge in [-0.25, -0.2) is 16.8 Å². The van der Waals surface area contributed by atoms with E-state index in [1.54, 1.807) is 18.2 Å². The topological polar surface area (TPSA) is 113 Å². The van der Waals surface area contributed by atoms with Crippen LogP contribution >= 0.6 is 11.6 Å². The van der Waals surface area contributed by atoms with E-state index in [9.17, 15) is 21.6 Å². The van der Waals surface area contributed by atoms with Gasteiger partial charge in [0.05, 0.1) is 30.1 Å². The Hall–Kier alpha value is -2.18. The van der Waals surface area contributed by atoms with Crippen molar-refractivity contribution in [3.63, 3.8) is 0 Å². The lowest BCUT2D eigenvalue weighted by Crippen LogP contribution is -2.40. The van der Waals surface area contributed by atoms with Gasteiger partial charge < -0.3 is 10.1 Å². The number of anilines is 2. The lowest BCUT2D eigenvalue weighted by Gasteiger charge is -2.26. The number of carbonyl (C=O) groups excluding carboxylic acids is 1. The van der Waals surface area contributed by atoms with E-state index in [1.165, 1.54) is 34.6 Å². The molecule has 0 spiro atoms. The molecule has 31 heavy (non-hydrogen) atoms. The van der Waals surface area contributed by atoms with Crippen LogP contribution in [0.3, 0.4) is 0 Å². The largest absolute Gasteiger partial charge is 0.379 e. The van der Waals surface area contributed by atoms with E-state index >= 15 is 0 Å². The molecule has 0 bridgehead atoms. The van der Waals surface area contributed by atoms with Gasteiger partial charge in [0.15, 0.2) is 0 Å². The molecule has 3 rings (SSSR count). The maximum absolute atomic E-state index is 12.7. The molecule has 1 aliphatic rings. The summed E-state index contributed by atoms with van der Waals surface area (Å²) in [7, 11) is -7.53. The molecule has 2 aromatic carbocycles. The molecule has 168 valence electrons. The summed E-state index contributed by atoms with van der Waals surface area (Å²) in [6.45, 7) is 0.662. The Morgan fingerprint density at radius 3 is 2.32 bits per heavy atom. The van der Waals surface area contributed by atoms with E-state index in [1.807, 2.05) is 0 Å². The lowest BCUT2D eigenvalue weighted by molar-refractivity contribution is -0.114. The molecule has 0 atom stereocenters. The van der Waals surface area contributed by atoms with E-state index in [-0.39, 0.29) is 23.7 Å². The number of rotatable bonds is 7. The van der Waals surface area contributed by atoms with Gasteiger partial charge in [-0.3, -0.25) is 9.10 Å². The van der Waals surface area contributed by atoms with Gasteiger partial charge in [-0.15, -0.1) is 0 Å². The fraction of sp³-hybridized carbons (Fsp3) is 0.316. The monoisotopic (exact) mass is 487 g/mol. The number of sulfonamides is 2. The number of amides is 1. The summed E-state index contributed by atoms with van der Waals surface area (Å²) in [6.07, 6.45) is 0.970. The molecule has 1 fully saturated rings. The minimum absolute atomic E-state index is 0.0370. The smallest absolute Gasteiger partial charge is 0.245 e. The molecule has 9 nitrogen and oxygen atoms in total. The van der Waals surface area contributed by atoms with Gasteiger partial charge in [-0.05, 0) is 42.5 Å². The lowest BCUT2D eigenvalue weighted by atomic mass is 10.3. The molecule has 1 aliphatic heterocycles. The highest BCUT2D eigenvalue weighted by atomic mass is 35.5. The Labute approximate surface area is 186 Å². The van der Waals surface area contributed by atoms with Crippen LogP contribution in [-0.4, -0.2) is 66.2 Å². The van der Waals surface area contributed by atoms with Crippen molar-refractivity contribution in [1.29, 1.82) is 0 Å². The molecule has 12 heteroatoms. The van der Waals surface area contributed by atoms with Crippen molar-refractivity contribution in [2.75, 3.05) is 48.7 Å². The number of morpholine rings is 1. The standard InChI is InChI=1S/C19H22ClN3O6S2/c1-30(25,26)23(14-19(24)21-16-4-2-3-15(20)13-16)17-5-7-18(8-6-17)31(27,28)22-9-11-29-12-10-22/h2-8,13H,9-12,14H2,1H3,(H,21,24). The Balaban J connectivity index is 1.79. The first-order valence-electron chi connectivity index (χ1n) is 9.28. The predicted molar refractivity (Wildman–Crippen MR) is 118 cm³/mol. The van der Waals surface area contributed by atoms with E-state index < -0.39 is 32.5 Å². The molecule has 1 N–H and O–H groups in total. The van der Waals surface area contributed by atoms with Crippen LogP contribution in [0.2, 0.25) is 5.02 Å². The normalized spacial score (nSPS) is 15.4. The van der Waals surface area contributed by atoms with Gasteiger partial charge in [0, 0.05) is 23.8 Å². The SMILES string of the molecule is CS(=O)(=O)N(CC(=O)Nc1cccc(Cl)c1)c1ccc(S(=O)(=O)N2CCOCC2)cc1. The summed E-state index contributed by atoms with van der Waals surface area (Å²) in [6, 6.07) is 11.8. The van der Waals surface area contributed by atoms with Crippen LogP contribution in [-0.2, 0) is 29.6 Å². The third kappa shape index (κ3) is 5.95. The molecular formula is C19H22ClN3O6S2. The Bertz CT molecular complexity index is 1150. The number of hydrogen-bond donors (Lipinski definition) is 1. The minimum Gasteiger partial charge on any atom is -0.379 e. The Morgan fingerprint density at radius 2 is 1.74 bits per heavy atom.